The molecule has 1 aromatic carbocycles. The minimum atomic E-state index is 0.130. The number of carbonyl (C=O) groups is 1. The van der Waals surface area contributed by atoms with Gasteiger partial charge < -0.3 is 10.2 Å². The van der Waals surface area contributed by atoms with Crippen LogP contribution >= 0.6 is 23.1 Å². The number of amides is 1. The van der Waals surface area contributed by atoms with Gasteiger partial charge >= 0.3 is 0 Å². The Hall–Kier alpha value is -1.60. The molecule has 0 aliphatic carbocycles. The van der Waals surface area contributed by atoms with E-state index in [4.69, 9.17) is 0 Å². The lowest BCUT2D eigenvalue weighted by atomic mass is 10.2. The number of thioether (sulfide) groups is 1. The molecule has 0 atom stereocenters. The highest BCUT2D eigenvalue weighted by atomic mass is 32.2. The minimum absolute atomic E-state index is 0.130. The number of nitrogens with zero attached hydrogens (tertiary/aromatic N) is 3. The molecule has 0 radical (unpaired) electrons. The van der Waals surface area contributed by atoms with Crippen LogP contribution in [0, 0.1) is 0 Å². The minimum Gasteiger partial charge on any atom is -0.360 e. The normalized spacial score (nSPS) is 13.3. The molecule has 0 saturated carbocycles. The van der Waals surface area contributed by atoms with Gasteiger partial charge in [0.15, 0.2) is 4.34 Å². The molecule has 21 heavy (non-hydrogen) atoms. The summed E-state index contributed by atoms with van der Waals surface area (Å²) in [5.41, 5.74) is 2.30. The van der Waals surface area contributed by atoms with Crippen molar-refractivity contribution >= 4 is 39.8 Å². The van der Waals surface area contributed by atoms with Crippen molar-refractivity contribution < 1.29 is 4.79 Å². The Morgan fingerprint density at radius 3 is 3.14 bits per heavy atom. The highest BCUT2D eigenvalue weighted by Crippen LogP contribution is 2.30. The number of carbonyl (C=O) groups excluding carboxylic acids is 1. The van der Waals surface area contributed by atoms with Crippen LogP contribution in [-0.2, 0) is 11.2 Å². The number of aromatic nitrogens is 2. The van der Waals surface area contributed by atoms with Crippen LogP contribution in [0.2, 0.25) is 0 Å². The first-order chi connectivity index (χ1) is 10.3. The van der Waals surface area contributed by atoms with Crippen molar-refractivity contribution in [1.82, 2.24) is 10.2 Å². The molecule has 5 nitrogen and oxygen atoms in total. The maximum Gasteiger partial charge on any atom is 0.237 e. The van der Waals surface area contributed by atoms with Gasteiger partial charge in [-0.2, -0.15) is 0 Å². The average molecular weight is 320 g/mol. The molecule has 0 fully saturated rings. The number of rotatable bonds is 5. The maximum absolute atomic E-state index is 12.4. The molecule has 1 aromatic heterocycles. The van der Waals surface area contributed by atoms with Gasteiger partial charge in [-0.15, -0.1) is 10.2 Å². The maximum atomic E-state index is 12.4. The van der Waals surface area contributed by atoms with Crippen molar-refractivity contribution in [2.45, 2.75) is 17.7 Å². The number of benzene rings is 1. The molecule has 1 aliphatic heterocycles. The van der Waals surface area contributed by atoms with Gasteiger partial charge in [0.1, 0.15) is 0 Å². The second-order valence-electron chi connectivity index (χ2n) is 4.62. The standard InChI is InChI=1S/C14H16N4OS2/c1-2-15-13-16-17-14(21-13)20-9-12(19)18-8-7-10-5-3-4-6-11(10)18/h3-6H,2,7-9H2,1H3,(H,15,16). The summed E-state index contributed by atoms with van der Waals surface area (Å²) in [5, 5.41) is 12.0. The van der Waals surface area contributed by atoms with Gasteiger partial charge in [-0.05, 0) is 25.0 Å². The summed E-state index contributed by atoms with van der Waals surface area (Å²) >= 11 is 2.94. The second kappa shape index (κ2) is 6.44. The molecule has 1 N–H and O–H groups in total. The van der Waals surface area contributed by atoms with E-state index >= 15 is 0 Å². The number of nitrogens with one attached hydrogen (secondary N) is 1. The van der Waals surface area contributed by atoms with E-state index in [0.29, 0.717) is 5.75 Å². The van der Waals surface area contributed by atoms with Crippen molar-refractivity contribution in [2.24, 2.45) is 0 Å². The molecule has 1 aliphatic rings. The first kappa shape index (κ1) is 14.3. The van der Waals surface area contributed by atoms with Crippen molar-refractivity contribution in [3.8, 4) is 0 Å². The van der Waals surface area contributed by atoms with Crippen LogP contribution < -0.4 is 10.2 Å². The lowest BCUT2D eigenvalue weighted by Gasteiger charge is -2.16. The third-order valence-electron chi connectivity index (χ3n) is 3.24. The summed E-state index contributed by atoms with van der Waals surface area (Å²) in [6, 6.07) is 8.10. The number of hydrogen-bond acceptors (Lipinski definition) is 6. The molecule has 1 amide bonds. The topological polar surface area (TPSA) is 58.1 Å². The Morgan fingerprint density at radius 1 is 1.43 bits per heavy atom. The number of para-hydroxylation sites is 1. The Morgan fingerprint density at radius 2 is 2.29 bits per heavy atom. The van der Waals surface area contributed by atoms with E-state index in [2.05, 4.69) is 21.6 Å². The molecule has 2 heterocycles. The third kappa shape index (κ3) is 3.19. The fourth-order valence-electron chi connectivity index (χ4n) is 2.29. The van der Waals surface area contributed by atoms with Gasteiger partial charge in [-0.1, -0.05) is 41.3 Å². The summed E-state index contributed by atoms with van der Waals surface area (Å²) in [5.74, 6) is 0.528. The molecule has 0 bridgehead atoms. The predicted molar refractivity (Wildman–Crippen MR) is 87.3 cm³/mol. The first-order valence-electron chi connectivity index (χ1n) is 6.86. The lowest BCUT2D eigenvalue weighted by molar-refractivity contribution is -0.116. The predicted octanol–water partition coefficient (Wildman–Crippen LogP) is 2.65. The highest BCUT2D eigenvalue weighted by Gasteiger charge is 2.24. The summed E-state index contributed by atoms with van der Waals surface area (Å²) < 4.78 is 0.826. The molecule has 110 valence electrons. The van der Waals surface area contributed by atoms with E-state index in [-0.39, 0.29) is 5.91 Å². The van der Waals surface area contributed by atoms with Gasteiger partial charge in [0.2, 0.25) is 11.0 Å². The SMILES string of the molecule is CCNc1nnc(SCC(=O)N2CCc3ccccc32)s1. The molecule has 0 unspecified atom stereocenters. The molecular formula is C14H16N4OS2. The molecule has 7 heteroatoms. The van der Waals surface area contributed by atoms with Crippen LogP contribution in [0.15, 0.2) is 28.6 Å². The Labute approximate surface area is 131 Å². The van der Waals surface area contributed by atoms with E-state index in [0.717, 1.165) is 34.7 Å². The van der Waals surface area contributed by atoms with Crippen LogP contribution in [-0.4, -0.2) is 34.9 Å². The molecule has 0 saturated heterocycles. The second-order valence-corrected chi connectivity index (χ2v) is 6.82. The van der Waals surface area contributed by atoms with Crippen LogP contribution in [0.3, 0.4) is 0 Å². The van der Waals surface area contributed by atoms with E-state index in [1.807, 2.05) is 30.0 Å². The zero-order valence-corrected chi connectivity index (χ0v) is 13.3. The summed E-state index contributed by atoms with van der Waals surface area (Å²) in [6.07, 6.45) is 0.940. The van der Waals surface area contributed by atoms with Crippen molar-refractivity contribution in [1.29, 1.82) is 0 Å². The van der Waals surface area contributed by atoms with Crippen LogP contribution in [0.1, 0.15) is 12.5 Å². The van der Waals surface area contributed by atoms with Crippen LogP contribution in [0.4, 0.5) is 10.8 Å². The monoisotopic (exact) mass is 320 g/mol. The fraction of sp³-hybridized carbons (Fsp3) is 0.357. The molecule has 3 rings (SSSR count). The molecular weight excluding hydrogens is 304 g/mol. The number of hydrogen-bond donors (Lipinski definition) is 1. The zero-order chi connectivity index (χ0) is 14.7. The smallest absolute Gasteiger partial charge is 0.237 e. The van der Waals surface area contributed by atoms with Crippen LogP contribution in [0.5, 0.6) is 0 Å². The summed E-state index contributed by atoms with van der Waals surface area (Å²) in [4.78, 5) is 14.2. The Balaban J connectivity index is 1.60. The number of anilines is 2. The molecule has 2 aromatic rings. The average Bonchev–Trinajstić information content (AvgIpc) is 3.12. The van der Waals surface area contributed by atoms with Gasteiger partial charge in [-0.3, -0.25) is 4.79 Å². The Kier molecular flexibility index (Phi) is 4.40. The summed E-state index contributed by atoms with van der Waals surface area (Å²) in [6.45, 7) is 3.61. The number of fused-ring (bicyclic) bond motifs is 1. The van der Waals surface area contributed by atoms with E-state index in [1.54, 1.807) is 0 Å². The highest BCUT2D eigenvalue weighted by molar-refractivity contribution is 8.01. The fourth-order valence-corrected chi connectivity index (χ4v) is 3.99. The first-order valence-corrected chi connectivity index (χ1v) is 8.66. The van der Waals surface area contributed by atoms with Gasteiger partial charge in [0.25, 0.3) is 0 Å². The van der Waals surface area contributed by atoms with E-state index in [9.17, 15) is 4.79 Å². The van der Waals surface area contributed by atoms with Crippen LogP contribution in [0.25, 0.3) is 0 Å². The van der Waals surface area contributed by atoms with Crippen molar-refractivity contribution in [2.75, 3.05) is 29.1 Å². The van der Waals surface area contributed by atoms with E-state index < -0.39 is 0 Å². The zero-order valence-electron chi connectivity index (χ0n) is 11.7. The van der Waals surface area contributed by atoms with E-state index in [1.165, 1.54) is 28.7 Å². The van der Waals surface area contributed by atoms with Gasteiger partial charge in [0, 0.05) is 18.8 Å². The Bertz CT molecular complexity index is 643. The van der Waals surface area contributed by atoms with Gasteiger partial charge in [-0.25, -0.2) is 0 Å². The van der Waals surface area contributed by atoms with Crippen molar-refractivity contribution in [3.05, 3.63) is 29.8 Å². The molecule has 0 spiro atoms. The van der Waals surface area contributed by atoms with Gasteiger partial charge in [0.05, 0.1) is 5.75 Å². The summed E-state index contributed by atoms with van der Waals surface area (Å²) in [7, 11) is 0. The third-order valence-corrected chi connectivity index (χ3v) is 5.24. The largest absolute Gasteiger partial charge is 0.360 e. The van der Waals surface area contributed by atoms with Crippen molar-refractivity contribution in [3.63, 3.8) is 0 Å². The quantitative estimate of drug-likeness (QED) is 0.858. The lowest BCUT2D eigenvalue weighted by Crippen LogP contribution is -2.30.